The average molecular weight is 386 g/mol. The van der Waals surface area contributed by atoms with Crippen LogP contribution >= 0.6 is 0 Å². The lowest BCUT2D eigenvalue weighted by Crippen LogP contribution is -2.30. The summed E-state index contributed by atoms with van der Waals surface area (Å²) in [6, 6.07) is 8.38. The lowest BCUT2D eigenvalue weighted by Gasteiger charge is -2.14. The maximum atomic E-state index is 5.58. The third kappa shape index (κ3) is 5.18. The summed E-state index contributed by atoms with van der Waals surface area (Å²) in [7, 11) is 1.64. The largest absolute Gasteiger partial charge is 0.493 e. The summed E-state index contributed by atoms with van der Waals surface area (Å²) in [6.45, 7) is 5.90. The topological polar surface area (TPSA) is 72.7 Å². The summed E-state index contributed by atoms with van der Waals surface area (Å²) in [5.41, 5.74) is 1.87. The van der Waals surface area contributed by atoms with Gasteiger partial charge in [0.15, 0.2) is 17.5 Å². The molecule has 1 heterocycles. The Bertz CT molecular complexity index is 781. The zero-order valence-corrected chi connectivity index (χ0v) is 17.1. The molecule has 1 aromatic carbocycles. The predicted molar refractivity (Wildman–Crippen MR) is 112 cm³/mol. The van der Waals surface area contributed by atoms with Crippen LogP contribution in [0.5, 0.6) is 11.5 Å². The van der Waals surface area contributed by atoms with E-state index >= 15 is 0 Å². The van der Waals surface area contributed by atoms with Crippen LogP contribution in [0.4, 0.5) is 5.69 Å². The molecule has 0 bridgehead atoms. The number of aromatic nitrogens is 2. The number of hydrogen-bond donors (Lipinski definition) is 2. The van der Waals surface area contributed by atoms with Gasteiger partial charge in [-0.15, -0.1) is 0 Å². The van der Waals surface area contributed by atoms with E-state index in [2.05, 4.69) is 32.6 Å². The fraction of sp³-hybridized carbons (Fsp3) is 0.524. The first kappa shape index (κ1) is 20.0. The lowest BCUT2D eigenvalue weighted by atomic mass is 10.2. The van der Waals surface area contributed by atoms with Crippen molar-refractivity contribution in [2.24, 2.45) is 4.99 Å². The molecule has 1 fully saturated rings. The molecule has 0 atom stereocenters. The molecule has 3 rings (SSSR count). The van der Waals surface area contributed by atoms with Crippen LogP contribution in [0.15, 0.2) is 35.5 Å². The second-order valence-electron chi connectivity index (χ2n) is 6.84. The minimum absolute atomic E-state index is 0.531. The van der Waals surface area contributed by atoms with E-state index in [9.17, 15) is 0 Å². The molecule has 2 N–H and O–H groups in total. The molecular weight excluding hydrogens is 354 g/mol. The molecule has 0 unspecified atom stereocenters. The fourth-order valence-corrected chi connectivity index (χ4v) is 3.46. The smallest absolute Gasteiger partial charge is 0.196 e. The second kappa shape index (κ2) is 10.0. The van der Waals surface area contributed by atoms with Crippen LogP contribution < -0.4 is 20.1 Å². The van der Waals surface area contributed by atoms with Gasteiger partial charge >= 0.3 is 0 Å². The van der Waals surface area contributed by atoms with Crippen molar-refractivity contribution in [2.75, 3.05) is 25.6 Å². The van der Waals surface area contributed by atoms with Crippen LogP contribution in [0.3, 0.4) is 0 Å². The molecule has 1 aliphatic carbocycles. The van der Waals surface area contributed by atoms with E-state index in [1.165, 1.54) is 25.7 Å². The summed E-state index contributed by atoms with van der Waals surface area (Å²) in [5.74, 6) is 2.14. The zero-order chi connectivity index (χ0) is 19.8. The van der Waals surface area contributed by atoms with Crippen molar-refractivity contribution < 1.29 is 9.47 Å². The maximum absolute atomic E-state index is 5.58. The fourth-order valence-electron chi connectivity index (χ4n) is 3.46. The number of hydrogen-bond acceptors (Lipinski definition) is 4. The minimum atomic E-state index is 0.531. The molecule has 152 valence electrons. The Kier molecular flexibility index (Phi) is 7.17. The number of nitrogens with one attached hydrogen (secondary N) is 2. The van der Waals surface area contributed by atoms with Crippen LogP contribution in [0.25, 0.3) is 0 Å². The van der Waals surface area contributed by atoms with Crippen LogP contribution in [-0.4, -0.2) is 36.0 Å². The van der Waals surface area contributed by atoms with Gasteiger partial charge in [0.2, 0.25) is 0 Å². The van der Waals surface area contributed by atoms with E-state index in [0.29, 0.717) is 30.9 Å². The third-order valence-corrected chi connectivity index (χ3v) is 4.83. The van der Waals surface area contributed by atoms with Crippen molar-refractivity contribution >= 4 is 11.6 Å². The van der Waals surface area contributed by atoms with E-state index < -0.39 is 0 Å². The van der Waals surface area contributed by atoms with Gasteiger partial charge in [0.25, 0.3) is 0 Å². The van der Waals surface area contributed by atoms with Crippen LogP contribution in [0, 0.1) is 0 Å². The van der Waals surface area contributed by atoms with Crippen LogP contribution in [-0.2, 0) is 6.54 Å². The quantitative estimate of drug-likeness (QED) is 0.531. The molecule has 0 amide bonds. The van der Waals surface area contributed by atoms with Crippen molar-refractivity contribution in [2.45, 2.75) is 52.1 Å². The van der Waals surface area contributed by atoms with Crippen molar-refractivity contribution in [1.82, 2.24) is 15.1 Å². The summed E-state index contributed by atoms with van der Waals surface area (Å²) in [4.78, 5) is 4.68. The number of guanidine groups is 1. The first-order valence-electron chi connectivity index (χ1n) is 10.1. The van der Waals surface area contributed by atoms with Gasteiger partial charge in [-0.1, -0.05) is 12.8 Å². The van der Waals surface area contributed by atoms with E-state index in [4.69, 9.17) is 14.6 Å². The van der Waals surface area contributed by atoms with E-state index in [-0.39, 0.29) is 0 Å². The molecule has 0 spiro atoms. The van der Waals surface area contributed by atoms with Crippen molar-refractivity contribution in [3.63, 3.8) is 0 Å². The normalized spacial score (nSPS) is 14.9. The number of rotatable bonds is 8. The highest BCUT2D eigenvalue weighted by Gasteiger charge is 2.17. The maximum Gasteiger partial charge on any atom is 0.196 e. The van der Waals surface area contributed by atoms with Crippen LogP contribution in [0.2, 0.25) is 0 Å². The van der Waals surface area contributed by atoms with E-state index in [1.807, 2.05) is 32.0 Å². The Morgan fingerprint density at radius 3 is 2.75 bits per heavy atom. The average Bonchev–Trinajstić information content (AvgIpc) is 3.39. The molecule has 0 radical (unpaired) electrons. The Morgan fingerprint density at radius 1 is 1.21 bits per heavy atom. The van der Waals surface area contributed by atoms with Crippen molar-refractivity contribution in [3.05, 3.63) is 36.2 Å². The Morgan fingerprint density at radius 2 is 2.04 bits per heavy atom. The summed E-state index contributed by atoms with van der Waals surface area (Å²) < 4.78 is 13.1. The van der Waals surface area contributed by atoms with Crippen molar-refractivity contribution in [3.8, 4) is 11.5 Å². The van der Waals surface area contributed by atoms with Gasteiger partial charge in [-0.05, 0) is 44.9 Å². The van der Waals surface area contributed by atoms with Gasteiger partial charge in [-0.25, -0.2) is 4.99 Å². The third-order valence-electron chi connectivity index (χ3n) is 4.83. The number of ether oxygens (including phenoxy) is 2. The molecule has 0 saturated heterocycles. The number of anilines is 1. The molecule has 1 aromatic heterocycles. The molecule has 1 saturated carbocycles. The minimum Gasteiger partial charge on any atom is -0.493 e. The number of methoxy groups -OCH3 is 1. The van der Waals surface area contributed by atoms with Gasteiger partial charge in [0.05, 0.1) is 32.0 Å². The molecule has 1 aliphatic rings. The highest BCUT2D eigenvalue weighted by Crippen LogP contribution is 2.30. The molecular formula is C21H31N5O2. The van der Waals surface area contributed by atoms with Gasteiger partial charge in [-0.2, -0.15) is 5.10 Å². The standard InChI is InChI=1S/C21H31N5O2/c1-4-22-21(24-16-10-11-19(28-5-2)20(14-16)27-3)23-15-17-12-13-26(25-17)18-8-6-7-9-18/h10-14,18H,4-9,15H2,1-3H3,(H2,22,23,24). The van der Waals surface area contributed by atoms with Crippen LogP contribution in [0.1, 0.15) is 51.3 Å². The molecule has 2 aromatic rings. The second-order valence-corrected chi connectivity index (χ2v) is 6.84. The highest BCUT2D eigenvalue weighted by molar-refractivity contribution is 5.93. The van der Waals surface area contributed by atoms with Gasteiger partial charge < -0.3 is 20.1 Å². The first-order valence-corrected chi connectivity index (χ1v) is 10.1. The number of benzene rings is 1. The molecule has 28 heavy (non-hydrogen) atoms. The Balaban J connectivity index is 1.67. The summed E-state index contributed by atoms with van der Waals surface area (Å²) in [5, 5.41) is 11.3. The van der Waals surface area contributed by atoms with Crippen molar-refractivity contribution in [1.29, 1.82) is 0 Å². The Labute approximate surface area is 167 Å². The molecule has 7 heteroatoms. The molecule has 7 nitrogen and oxygen atoms in total. The SMILES string of the molecule is CCNC(=NCc1ccn(C2CCCC2)n1)Nc1ccc(OCC)c(OC)c1. The van der Waals surface area contributed by atoms with Gasteiger partial charge in [-0.3, -0.25) is 4.68 Å². The lowest BCUT2D eigenvalue weighted by molar-refractivity contribution is 0.311. The van der Waals surface area contributed by atoms with E-state index in [0.717, 1.165) is 23.7 Å². The summed E-state index contributed by atoms with van der Waals surface area (Å²) >= 11 is 0. The predicted octanol–water partition coefficient (Wildman–Crippen LogP) is 3.98. The molecule has 0 aliphatic heterocycles. The number of aliphatic imine (C=N–C) groups is 1. The van der Waals surface area contributed by atoms with Gasteiger partial charge in [0.1, 0.15) is 0 Å². The number of nitrogens with zero attached hydrogens (tertiary/aromatic N) is 3. The Hall–Kier alpha value is -2.70. The monoisotopic (exact) mass is 385 g/mol. The highest BCUT2D eigenvalue weighted by atomic mass is 16.5. The zero-order valence-electron chi connectivity index (χ0n) is 17.1. The summed E-state index contributed by atoms with van der Waals surface area (Å²) in [6.07, 6.45) is 7.15. The van der Waals surface area contributed by atoms with Gasteiger partial charge in [0, 0.05) is 24.5 Å². The van der Waals surface area contributed by atoms with E-state index in [1.54, 1.807) is 7.11 Å². The first-order chi connectivity index (χ1) is 13.7.